The van der Waals surface area contributed by atoms with Gasteiger partial charge in [0.05, 0.1) is 5.41 Å². The minimum Gasteiger partial charge on any atom is -0.299 e. The van der Waals surface area contributed by atoms with Gasteiger partial charge in [0.25, 0.3) is 0 Å². The molecule has 0 radical (unpaired) electrons. The van der Waals surface area contributed by atoms with Crippen molar-refractivity contribution in [3.05, 3.63) is 35.4 Å². The fourth-order valence-electron chi connectivity index (χ4n) is 3.48. The number of ketones is 2. The van der Waals surface area contributed by atoms with Gasteiger partial charge in [-0.1, -0.05) is 43.7 Å². The number of carbonyl (C=O) groups is 2. The van der Waals surface area contributed by atoms with E-state index in [0.29, 0.717) is 12.8 Å². The average Bonchev–Trinajstić information content (AvgIpc) is 3.03. The Balaban J connectivity index is 1.89. The molecule has 2 saturated carbocycles. The van der Waals surface area contributed by atoms with Crippen molar-refractivity contribution in [1.29, 1.82) is 0 Å². The van der Waals surface area contributed by atoms with Crippen LogP contribution in [0.2, 0.25) is 0 Å². The molecule has 0 saturated heterocycles. The van der Waals surface area contributed by atoms with E-state index in [0.717, 1.165) is 12.0 Å². The molecule has 0 N–H and O–H groups in total. The van der Waals surface area contributed by atoms with Gasteiger partial charge in [0.15, 0.2) is 0 Å². The third-order valence-electron chi connectivity index (χ3n) is 4.71. The van der Waals surface area contributed by atoms with E-state index in [4.69, 9.17) is 0 Å². The second-order valence-electron chi connectivity index (χ2n) is 7.00. The minimum atomic E-state index is -0.662. The Morgan fingerprint density at radius 1 is 1.00 bits per heavy atom. The molecule has 2 heteroatoms. The Morgan fingerprint density at radius 2 is 1.53 bits per heavy atom. The van der Waals surface area contributed by atoms with Crippen LogP contribution in [0.25, 0.3) is 0 Å². The topological polar surface area (TPSA) is 34.1 Å². The number of aryl methyl sites for hydroxylation is 1. The maximum absolute atomic E-state index is 12.4. The molecule has 1 aromatic rings. The van der Waals surface area contributed by atoms with E-state index in [-0.39, 0.29) is 22.9 Å². The highest BCUT2D eigenvalue weighted by molar-refractivity contribution is 6.13. The molecule has 100 valence electrons. The largest absolute Gasteiger partial charge is 0.299 e. The van der Waals surface area contributed by atoms with Crippen molar-refractivity contribution in [2.75, 3.05) is 0 Å². The fourth-order valence-corrected chi connectivity index (χ4v) is 3.48. The standard InChI is InChI=1S/C17H20O2/c1-11-4-6-12(7-5-11)13-8-17(13)14(18)9-16(2,3)10-15(17)19/h4-7,13H,8-10H2,1-3H3. The monoisotopic (exact) mass is 256 g/mol. The summed E-state index contributed by atoms with van der Waals surface area (Å²) in [6.45, 7) is 6.07. The van der Waals surface area contributed by atoms with Crippen LogP contribution in [-0.2, 0) is 9.59 Å². The van der Waals surface area contributed by atoms with E-state index in [2.05, 4.69) is 24.3 Å². The van der Waals surface area contributed by atoms with Crippen molar-refractivity contribution in [3.8, 4) is 0 Å². The summed E-state index contributed by atoms with van der Waals surface area (Å²) in [7, 11) is 0. The normalized spacial score (nSPS) is 27.6. The van der Waals surface area contributed by atoms with Crippen molar-refractivity contribution in [2.45, 2.75) is 46.0 Å². The van der Waals surface area contributed by atoms with Gasteiger partial charge in [0.2, 0.25) is 0 Å². The molecule has 1 spiro atoms. The van der Waals surface area contributed by atoms with Crippen molar-refractivity contribution < 1.29 is 9.59 Å². The number of benzene rings is 1. The molecule has 1 unspecified atom stereocenters. The summed E-state index contributed by atoms with van der Waals surface area (Å²) in [5.74, 6) is 0.461. The molecule has 0 heterocycles. The molecule has 19 heavy (non-hydrogen) atoms. The Labute approximate surface area is 114 Å². The molecule has 1 aromatic carbocycles. The van der Waals surface area contributed by atoms with Crippen LogP contribution in [0.15, 0.2) is 24.3 Å². The van der Waals surface area contributed by atoms with E-state index in [1.165, 1.54) is 5.56 Å². The highest BCUT2D eigenvalue weighted by Crippen LogP contribution is 2.64. The lowest BCUT2D eigenvalue weighted by Gasteiger charge is -2.32. The molecule has 3 rings (SSSR count). The quantitative estimate of drug-likeness (QED) is 0.721. The summed E-state index contributed by atoms with van der Waals surface area (Å²) in [6.07, 6.45) is 1.81. The summed E-state index contributed by atoms with van der Waals surface area (Å²) in [6, 6.07) is 8.25. The highest BCUT2D eigenvalue weighted by Gasteiger charge is 2.67. The van der Waals surface area contributed by atoms with Gasteiger partial charge in [-0.05, 0) is 24.3 Å². The first-order valence-electron chi connectivity index (χ1n) is 6.98. The number of hydrogen-bond donors (Lipinski definition) is 0. The summed E-state index contributed by atoms with van der Waals surface area (Å²) >= 11 is 0. The van der Waals surface area contributed by atoms with Crippen molar-refractivity contribution >= 4 is 11.6 Å². The third kappa shape index (κ3) is 1.85. The third-order valence-corrected chi connectivity index (χ3v) is 4.71. The molecule has 2 fully saturated rings. The minimum absolute atomic E-state index is 0.129. The van der Waals surface area contributed by atoms with Crippen LogP contribution in [0.5, 0.6) is 0 Å². The summed E-state index contributed by atoms with van der Waals surface area (Å²) in [4.78, 5) is 24.9. The number of Topliss-reactive ketones (excluding diaryl/α,β-unsaturated/α-hetero) is 2. The van der Waals surface area contributed by atoms with Crippen molar-refractivity contribution in [2.24, 2.45) is 10.8 Å². The second-order valence-corrected chi connectivity index (χ2v) is 7.00. The Kier molecular flexibility index (Phi) is 2.51. The summed E-state index contributed by atoms with van der Waals surface area (Å²) in [5.41, 5.74) is 1.54. The van der Waals surface area contributed by atoms with E-state index in [1.54, 1.807) is 0 Å². The van der Waals surface area contributed by atoms with Gasteiger partial charge in [0.1, 0.15) is 11.6 Å². The van der Waals surface area contributed by atoms with Gasteiger partial charge in [-0.15, -0.1) is 0 Å². The lowest BCUT2D eigenvalue weighted by Crippen LogP contribution is -2.40. The Hall–Kier alpha value is -1.44. The molecule has 2 aliphatic carbocycles. The van der Waals surface area contributed by atoms with Crippen LogP contribution in [-0.4, -0.2) is 11.6 Å². The number of rotatable bonds is 1. The predicted molar refractivity (Wildman–Crippen MR) is 74.0 cm³/mol. The zero-order chi connectivity index (χ0) is 13.8. The van der Waals surface area contributed by atoms with E-state index >= 15 is 0 Å². The van der Waals surface area contributed by atoms with Crippen LogP contribution >= 0.6 is 0 Å². The van der Waals surface area contributed by atoms with E-state index < -0.39 is 5.41 Å². The molecule has 0 amide bonds. The van der Waals surface area contributed by atoms with Crippen molar-refractivity contribution in [1.82, 2.24) is 0 Å². The zero-order valence-electron chi connectivity index (χ0n) is 11.8. The first-order valence-corrected chi connectivity index (χ1v) is 6.98. The summed E-state index contributed by atoms with van der Waals surface area (Å²) in [5, 5.41) is 0. The average molecular weight is 256 g/mol. The molecular weight excluding hydrogens is 236 g/mol. The van der Waals surface area contributed by atoms with Crippen LogP contribution in [0.1, 0.15) is 50.2 Å². The second kappa shape index (κ2) is 3.78. The molecule has 0 bridgehead atoms. The first-order chi connectivity index (χ1) is 8.85. The van der Waals surface area contributed by atoms with Crippen LogP contribution < -0.4 is 0 Å². The SMILES string of the molecule is Cc1ccc(C2CC23C(=O)CC(C)(C)CC3=O)cc1. The molecule has 2 aliphatic rings. The highest BCUT2D eigenvalue weighted by atomic mass is 16.2. The summed E-state index contributed by atoms with van der Waals surface area (Å²) < 4.78 is 0. The Bertz CT molecular complexity index is 531. The Morgan fingerprint density at radius 3 is 2.05 bits per heavy atom. The van der Waals surface area contributed by atoms with Gasteiger partial charge in [-0.3, -0.25) is 9.59 Å². The molecular formula is C17H20O2. The lowest BCUT2D eigenvalue weighted by molar-refractivity contribution is -0.141. The molecule has 1 atom stereocenters. The van der Waals surface area contributed by atoms with E-state index in [9.17, 15) is 9.59 Å². The van der Waals surface area contributed by atoms with Crippen LogP contribution in [0, 0.1) is 17.8 Å². The van der Waals surface area contributed by atoms with Gasteiger partial charge >= 0.3 is 0 Å². The maximum Gasteiger partial charge on any atom is 0.147 e. The maximum atomic E-state index is 12.4. The van der Waals surface area contributed by atoms with E-state index in [1.807, 2.05) is 20.8 Å². The van der Waals surface area contributed by atoms with Gasteiger partial charge < -0.3 is 0 Å². The smallest absolute Gasteiger partial charge is 0.147 e. The zero-order valence-corrected chi connectivity index (χ0v) is 11.8. The molecule has 2 nitrogen and oxygen atoms in total. The number of carbonyl (C=O) groups excluding carboxylic acids is 2. The molecule has 0 aromatic heterocycles. The predicted octanol–water partition coefficient (Wildman–Crippen LogP) is 3.43. The van der Waals surface area contributed by atoms with Crippen LogP contribution in [0.4, 0.5) is 0 Å². The first kappa shape index (κ1) is 12.6. The fraction of sp³-hybridized carbons (Fsp3) is 0.529. The van der Waals surface area contributed by atoms with Gasteiger partial charge in [0, 0.05) is 18.8 Å². The van der Waals surface area contributed by atoms with Gasteiger partial charge in [-0.25, -0.2) is 0 Å². The lowest BCUT2D eigenvalue weighted by atomic mass is 9.68. The molecule has 0 aliphatic heterocycles. The van der Waals surface area contributed by atoms with Gasteiger partial charge in [-0.2, -0.15) is 0 Å². The number of hydrogen-bond acceptors (Lipinski definition) is 2. The van der Waals surface area contributed by atoms with Crippen LogP contribution in [0.3, 0.4) is 0 Å². The van der Waals surface area contributed by atoms with Crippen molar-refractivity contribution in [3.63, 3.8) is 0 Å².